The first-order valence-electron chi connectivity index (χ1n) is 24.4. The predicted octanol–water partition coefficient (Wildman–Crippen LogP) is 15.0. The van der Waals surface area contributed by atoms with E-state index in [1.807, 2.05) is 12.1 Å². The number of nitrogens with zero attached hydrogens (tertiary/aromatic N) is 2. The molecule has 0 N–H and O–H groups in total. The maximum absolute atomic E-state index is 6.49. The lowest BCUT2D eigenvalue weighted by atomic mass is 9.90. The highest BCUT2D eigenvalue weighted by Crippen LogP contribution is 2.42. The molecule has 15 aromatic rings. The lowest BCUT2D eigenvalue weighted by molar-refractivity contribution is 0.643. The number of imidazole rings is 1. The molecule has 71 heavy (non-hydrogen) atoms. The van der Waals surface area contributed by atoms with Gasteiger partial charge in [-0.1, -0.05) is 224 Å². The molecule has 0 radical (unpaired) electrons. The molecule has 0 atom stereocenters. The van der Waals surface area contributed by atoms with Crippen LogP contribution in [0.15, 0.2) is 259 Å². The van der Waals surface area contributed by atoms with E-state index in [-0.39, 0.29) is 0 Å². The molecule has 0 saturated carbocycles. The molecular weight excluding hydrogens is 877 g/mol. The first-order chi connectivity index (χ1) is 35.2. The molecular formula is C67H42N2OSi. The van der Waals surface area contributed by atoms with Gasteiger partial charge in [-0.25, -0.2) is 0 Å². The Kier molecular flexibility index (Phi) is 8.68. The van der Waals surface area contributed by atoms with Crippen molar-refractivity contribution in [3.05, 3.63) is 255 Å². The van der Waals surface area contributed by atoms with Gasteiger partial charge in [0.25, 0.3) is 0 Å². The molecule has 0 aliphatic heterocycles. The Morgan fingerprint density at radius 2 is 0.648 bits per heavy atom. The summed E-state index contributed by atoms with van der Waals surface area (Å²) in [5.74, 6) is 0.601. The van der Waals surface area contributed by atoms with E-state index in [9.17, 15) is 0 Å². The van der Waals surface area contributed by atoms with Crippen molar-refractivity contribution in [2.24, 2.45) is 0 Å². The number of benzene rings is 11. The first kappa shape index (κ1) is 39.9. The zero-order valence-electron chi connectivity index (χ0n) is 38.6. The van der Waals surface area contributed by atoms with Gasteiger partial charge < -0.3 is 4.42 Å². The van der Waals surface area contributed by atoms with Gasteiger partial charge in [0.05, 0.1) is 16.6 Å². The summed E-state index contributed by atoms with van der Waals surface area (Å²) >= 11 is 0. The van der Waals surface area contributed by atoms with Crippen LogP contribution >= 0.6 is 0 Å². The van der Waals surface area contributed by atoms with Crippen LogP contribution in [0.3, 0.4) is 0 Å². The molecule has 0 fully saturated rings. The second kappa shape index (κ2) is 15.5. The molecule has 15 rings (SSSR count). The normalized spacial score (nSPS) is 12.2. The highest BCUT2D eigenvalue weighted by molar-refractivity contribution is 7.20. The van der Waals surface area contributed by atoms with Gasteiger partial charge >= 0.3 is 5.84 Å². The summed E-state index contributed by atoms with van der Waals surface area (Å²) in [6.07, 6.45) is 0. The molecule has 0 amide bonds. The van der Waals surface area contributed by atoms with E-state index in [1.54, 1.807) is 0 Å². The number of para-hydroxylation sites is 3. The maximum Gasteiger partial charge on any atom is 0.307 e. The molecule has 0 aliphatic rings. The van der Waals surface area contributed by atoms with E-state index in [2.05, 4.69) is 247 Å². The predicted molar refractivity (Wildman–Crippen MR) is 304 cm³/mol. The summed E-state index contributed by atoms with van der Waals surface area (Å²) in [6, 6.07) is 94.8. The molecule has 0 saturated heterocycles. The van der Waals surface area contributed by atoms with Crippen molar-refractivity contribution in [3.63, 3.8) is 0 Å². The number of rotatable bonds is 4. The van der Waals surface area contributed by atoms with Gasteiger partial charge in [0.15, 0.2) is 13.7 Å². The third-order valence-electron chi connectivity index (χ3n) is 15.3. The topological polar surface area (TPSA) is 30.4 Å². The third kappa shape index (κ3) is 5.74. The van der Waals surface area contributed by atoms with Crippen LogP contribution in [-0.4, -0.2) is 17.5 Å². The van der Waals surface area contributed by atoms with E-state index < -0.39 is 8.07 Å². The van der Waals surface area contributed by atoms with Crippen LogP contribution in [0.1, 0.15) is 0 Å². The Hall–Kier alpha value is -9.09. The van der Waals surface area contributed by atoms with Crippen molar-refractivity contribution >= 4 is 143 Å². The third-order valence-corrected chi connectivity index (χ3v) is 20.1. The van der Waals surface area contributed by atoms with E-state index >= 15 is 0 Å². The highest BCUT2D eigenvalue weighted by Gasteiger charge is 2.43. The smallest absolute Gasteiger partial charge is 0.307 e. The van der Waals surface area contributed by atoms with E-state index in [1.165, 1.54) is 107 Å². The number of aromatic nitrogens is 2. The fourth-order valence-corrected chi connectivity index (χ4v) is 17.2. The van der Waals surface area contributed by atoms with Gasteiger partial charge in [-0.2, -0.15) is 4.98 Å². The summed E-state index contributed by atoms with van der Waals surface area (Å²) in [4.78, 5) is 5.42. The molecule has 3 nitrogen and oxygen atoms in total. The molecule has 13 aromatic carbocycles. The van der Waals surface area contributed by atoms with Crippen molar-refractivity contribution in [1.82, 2.24) is 9.38 Å². The van der Waals surface area contributed by atoms with Crippen LogP contribution in [0.5, 0.6) is 0 Å². The van der Waals surface area contributed by atoms with E-state index in [0.717, 1.165) is 22.1 Å². The summed E-state index contributed by atoms with van der Waals surface area (Å²) in [5.41, 5.74) is 3.83. The van der Waals surface area contributed by atoms with Crippen LogP contribution in [0, 0.1) is 0 Å². The Morgan fingerprint density at radius 3 is 1.11 bits per heavy atom. The summed E-state index contributed by atoms with van der Waals surface area (Å²) in [6.45, 7) is 0. The van der Waals surface area contributed by atoms with Crippen molar-refractivity contribution in [3.8, 4) is 0 Å². The average molecular weight is 919 g/mol. The summed E-state index contributed by atoms with van der Waals surface area (Å²) in [5, 5.41) is 24.7. The second-order valence-electron chi connectivity index (χ2n) is 18.9. The Bertz CT molecular complexity index is 4730. The van der Waals surface area contributed by atoms with Gasteiger partial charge in [-0.3, -0.25) is 4.40 Å². The standard InChI is InChI=1S/C67H42N2OSi/c1-3-20-43(21-4-1)71(44-22-5-2-6-23-44,65-37-19-35-63-66(65)68-67-69(63)62-34-17-18-36-64(62)70-67)45-38-39-56-50-28-11-14-31-53(50)60-41-58-51-29-12-9-26-48(51)46-24-7-8-25-47(46)49-27-10-13-30-52(49)59(58)42-61(60)55-33-16-15-32-54(55)57(56)40-45/h1-42H. The van der Waals surface area contributed by atoms with Crippen LogP contribution in [0.2, 0.25) is 0 Å². The van der Waals surface area contributed by atoms with Crippen molar-refractivity contribution < 1.29 is 4.42 Å². The number of hydrogen-bond acceptors (Lipinski definition) is 2. The van der Waals surface area contributed by atoms with Gasteiger partial charge in [0.2, 0.25) is 0 Å². The van der Waals surface area contributed by atoms with Crippen LogP contribution < -0.4 is 20.7 Å². The Balaban J connectivity index is 1.13. The van der Waals surface area contributed by atoms with Crippen LogP contribution in [0.4, 0.5) is 0 Å². The van der Waals surface area contributed by atoms with Crippen molar-refractivity contribution in [2.75, 3.05) is 0 Å². The minimum absolute atomic E-state index is 0.601. The zero-order chi connectivity index (χ0) is 46.6. The molecule has 0 spiro atoms. The molecule has 2 heterocycles. The SMILES string of the molecule is c1ccc([Si](c2ccccc2)(c2ccc3c4ccccc4c4cc5c6ccccc6c6ccccc6c6ccccc6c5cc4c4ccccc4c3c2)c2cccc3c2nc2oc4ccccc4n23)cc1. The second-order valence-corrected chi connectivity index (χ2v) is 22.7. The lowest BCUT2D eigenvalue weighted by Gasteiger charge is -2.34. The van der Waals surface area contributed by atoms with Gasteiger partial charge in [0, 0.05) is 0 Å². The fraction of sp³-hybridized carbons (Fsp3) is 0. The average Bonchev–Trinajstić information content (AvgIpc) is 4.00. The van der Waals surface area contributed by atoms with Crippen LogP contribution in [-0.2, 0) is 0 Å². The number of oxazole rings is 1. The minimum atomic E-state index is -3.19. The van der Waals surface area contributed by atoms with Gasteiger partial charge in [0.1, 0.15) is 0 Å². The summed E-state index contributed by atoms with van der Waals surface area (Å²) in [7, 11) is -3.19. The maximum atomic E-state index is 6.49. The lowest BCUT2D eigenvalue weighted by Crippen LogP contribution is -2.75. The molecule has 330 valence electrons. The van der Waals surface area contributed by atoms with E-state index in [4.69, 9.17) is 9.40 Å². The molecule has 2 aromatic heterocycles. The molecule has 4 heteroatoms. The number of hydrogen-bond donors (Lipinski definition) is 0. The molecule has 0 unspecified atom stereocenters. The first-order valence-corrected chi connectivity index (χ1v) is 26.4. The number of fused-ring (bicyclic) bond motifs is 21. The fourth-order valence-electron chi connectivity index (χ4n) is 12.3. The van der Waals surface area contributed by atoms with Gasteiger partial charge in [-0.05, 0) is 137 Å². The monoisotopic (exact) mass is 918 g/mol. The van der Waals surface area contributed by atoms with Crippen molar-refractivity contribution in [2.45, 2.75) is 0 Å². The summed E-state index contributed by atoms with van der Waals surface area (Å²) < 4.78 is 8.68. The Labute approximate surface area is 409 Å². The molecule has 0 aliphatic carbocycles. The van der Waals surface area contributed by atoms with Crippen molar-refractivity contribution in [1.29, 1.82) is 0 Å². The van der Waals surface area contributed by atoms with Gasteiger partial charge in [-0.15, -0.1) is 0 Å². The minimum Gasteiger partial charge on any atom is -0.423 e. The van der Waals surface area contributed by atoms with E-state index in [0.29, 0.717) is 5.84 Å². The zero-order valence-corrected chi connectivity index (χ0v) is 39.6. The van der Waals surface area contributed by atoms with Crippen LogP contribution in [0.25, 0.3) is 114 Å². The highest BCUT2D eigenvalue weighted by atomic mass is 28.3. The Morgan fingerprint density at radius 1 is 0.282 bits per heavy atom. The largest absolute Gasteiger partial charge is 0.423 e. The quantitative estimate of drug-likeness (QED) is 0.130. The molecule has 0 bridgehead atoms.